The topological polar surface area (TPSA) is 147 Å². The van der Waals surface area contributed by atoms with Gasteiger partial charge in [-0.1, -0.05) is 0 Å². The van der Waals surface area contributed by atoms with Crippen molar-refractivity contribution in [1.82, 2.24) is 0 Å². The van der Waals surface area contributed by atoms with Crippen LogP contribution in [0.1, 0.15) is 12.8 Å². The summed E-state index contributed by atoms with van der Waals surface area (Å²) < 4.78 is 0. The molecule has 11 heavy (non-hydrogen) atoms. The van der Waals surface area contributed by atoms with E-state index in [4.69, 9.17) is 0 Å². The molecule has 0 saturated heterocycles. The molecular formula is C4H8CuN2O4-2. The molecule has 6 nitrogen and oxygen atoms in total. The predicted octanol–water partition coefficient (Wildman–Crippen LogP) is -1.30. The van der Waals surface area contributed by atoms with Gasteiger partial charge in [0.15, 0.2) is 0 Å². The van der Waals surface area contributed by atoms with E-state index < -0.39 is 24.8 Å². The standard InChI is InChI=1S/C4H6O4.Cu.2H2N/c5-3(6)1-2-4(7)8;;;/h1-2H2,(H,5,6)(H,7,8);;2*1H2/q;+2;2*-1/p-2. The van der Waals surface area contributed by atoms with E-state index in [1.807, 2.05) is 0 Å². The van der Waals surface area contributed by atoms with Gasteiger partial charge in [-0.25, -0.2) is 0 Å². The molecule has 0 unspecified atom stereocenters. The van der Waals surface area contributed by atoms with Crippen molar-refractivity contribution in [3.05, 3.63) is 12.3 Å². The normalized spacial score (nSPS) is 6.18. The molecule has 7 heteroatoms. The van der Waals surface area contributed by atoms with Crippen LogP contribution < -0.4 is 10.2 Å². The Morgan fingerprint density at radius 3 is 1.18 bits per heavy atom. The number of rotatable bonds is 3. The van der Waals surface area contributed by atoms with Gasteiger partial charge in [-0.15, -0.1) is 0 Å². The van der Waals surface area contributed by atoms with Crippen LogP contribution in [-0.2, 0) is 26.7 Å². The summed E-state index contributed by atoms with van der Waals surface area (Å²) in [4.78, 5) is 19.0. The van der Waals surface area contributed by atoms with Gasteiger partial charge < -0.3 is 32.1 Å². The third-order valence-corrected chi connectivity index (χ3v) is 0.533. The van der Waals surface area contributed by atoms with Crippen LogP contribution in [0.4, 0.5) is 0 Å². The Morgan fingerprint density at radius 2 is 1.09 bits per heavy atom. The summed E-state index contributed by atoms with van der Waals surface area (Å²) in [6.45, 7) is 0. The zero-order valence-corrected chi connectivity index (χ0v) is 6.45. The summed E-state index contributed by atoms with van der Waals surface area (Å²) in [5.74, 6) is -2.73. The zero-order chi connectivity index (χ0) is 6.57. The zero-order valence-electron chi connectivity index (χ0n) is 5.50. The van der Waals surface area contributed by atoms with Gasteiger partial charge in [0.25, 0.3) is 0 Å². The smallest absolute Gasteiger partial charge is 0.693 e. The molecule has 0 amide bonds. The van der Waals surface area contributed by atoms with Crippen molar-refractivity contribution in [2.75, 3.05) is 0 Å². The van der Waals surface area contributed by atoms with Crippen LogP contribution in [0.25, 0.3) is 12.3 Å². The fourth-order valence-corrected chi connectivity index (χ4v) is 0.204. The van der Waals surface area contributed by atoms with Crippen molar-refractivity contribution in [2.45, 2.75) is 12.8 Å². The molecule has 0 rings (SSSR count). The van der Waals surface area contributed by atoms with Crippen LogP contribution in [0, 0.1) is 0 Å². The molecule has 0 saturated carbocycles. The minimum atomic E-state index is -1.37. The van der Waals surface area contributed by atoms with E-state index >= 15 is 0 Å². The molecule has 1 radical (unpaired) electrons. The number of nitrogens with two attached hydrogens (primary N) is 2. The van der Waals surface area contributed by atoms with Crippen molar-refractivity contribution in [2.24, 2.45) is 0 Å². The van der Waals surface area contributed by atoms with Crippen LogP contribution in [-0.4, -0.2) is 11.9 Å². The molecule has 0 aromatic rings. The minimum absolute atomic E-state index is 0. The molecule has 0 spiro atoms. The Kier molecular flexibility index (Phi) is 24.7. The molecule has 0 aromatic heterocycles. The number of hydrogen-bond acceptors (Lipinski definition) is 4. The maximum Gasteiger partial charge on any atom is 2.00 e. The summed E-state index contributed by atoms with van der Waals surface area (Å²) in [6.07, 6.45) is -0.940. The van der Waals surface area contributed by atoms with Gasteiger partial charge in [0, 0.05) is 11.9 Å². The van der Waals surface area contributed by atoms with Gasteiger partial charge in [-0.3, -0.25) is 0 Å². The first-order chi connectivity index (χ1) is 3.63. The van der Waals surface area contributed by atoms with Crippen LogP contribution in [0.3, 0.4) is 0 Å². The Bertz CT molecular complexity index is 105. The molecule has 0 fully saturated rings. The average Bonchev–Trinajstić information content (AvgIpc) is 1.61. The second kappa shape index (κ2) is 12.1. The van der Waals surface area contributed by atoms with Crippen molar-refractivity contribution >= 4 is 11.9 Å². The molecule has 0 aromatic carbocycles. The van der Waals surface area contributed by atoms with Crippen molar-refractivity contribution < 1.29 is 36.9 Å². The third kappa shape index (κ3) is 26.6. The van der Waals surface area contributed by atoms with Gasteiger partial charge in [0.1, 0.15) is 0 Å². The maximum absolute atomic E-state index is 9.50. The molecule has 0 aliphatic heterocycles. The molecule has 0 bridgehead atoms. The molecule has 0 heterocycles. The van der Waals surface area contributed by atoms with E-state index in [9.17, 15) is 19.8 Å². The maximum atomic E-state index is 9.50. The quantitative estimate of drug-likeness (QED) is 0.533. The summed E-state index contributed by atoms with van der Waals surface area (Å²) >= 11 is 0. The van der Waals surface area contributed by atoms with Crippen LogP contribution >= 0.6 is 0 Å². The van der Waals surface area contributed by atoms with E-state index in [2.05, 4.69) is 0 Å². The predicted molar refractivity (Wildman–Crippen MR) is 29.8 cm³/mol. The summed E-state index contributed by atoms with van der Waals surface area (Å²) in [5.41, 5.74) is 0. The number of carbonyl (C=O) groups is 2. The SMILES string of the molecule is O=C([O-])CCC(=O)[O-].[Cu+2].[NH2-].[NH2-]. The first-order valence-electron chi connectivity index (χ1n) is 2.02. The second-order valence-corrected chi connectivity index (χ2v) is 1.24. The molecule has 71 valence electrons. The molecule has 0 aliphatic rings. The fourth-order valence-electron chi connectivity index (χ4n) is 0.204. The Morgan fingerprint density at radius 1 is 0.909 bits per heavy atom. The Hall–Kier alpha value is -0.621. The largest absolute Gasteiger partial charge is 2.00 e. The number of aliphatic carboxylic acids is 2. The van der Waals surface area contributed by atoms with E-state index in [-0.39, 0.29) is 29.4 Å². The van der Waals surface area contributed by atoms with Gasteiger partial charge in [0.2, 0.25) is 0 Å². The van der Waals surface area contributed by atoms with Gasteiger partial charge in [-0.05, 0) is 12.8 Å². The molecule has 4 N–H and O–H groups in total. The first-order valence-corrected chi connectivity index (χ1v) is 2.02. The second-order valence-electron chi connectivity index (χ2n) is 1.24. The summed E-state index contributed by atoms with van der Waals surface area (Å²) in [6, 6.07) is 0. The molecule has 0 atom stereocenters. The van der Waals surface area contributed by atoms with Crippen LogP contribution in [0.5, 0.6) is 0 Å². The number of carboxylic acids is 2. The molecular weight excluding hydrogens is 204 g/mol. The van der Waals surface area contributed by atoms with E-state index in [0.29, 0.717) is 0 Å². The van der Waals surface area contributed by atoms with E-state index in [1.54, 1.807) is 0 Å². The van der Waals surface area contributed by atoms with Crippen LogP contribution in [0.15, 0.2) is 0 Å². The van der Waals surface area contributed by atoms with Crippen LogP contribution in [0.2, 0.25) is 0 Å². The van der Waals surface area contributed by atoms with E-state index in [0.717, 1.165) is 0 Å². The number of carboxylic acid groups (broad SMARTS) is 2. The third-order valence-electron chi connectivity index (χ3n) is 0.533. The van der Waals surface area contributed by atoms with Gasteiger partial charge >= 0.3 is 17.1 Å². The number of hydrogen-bond donors (Lipinski definition) is 0. The fraction of sp³-hybridized carbons (Fsp3) is 0.500. The van der Waals surface area contributed by atoms with Crippen molar-refractivity contribution in [3.8, 4) is 0 Å². The summed E-state index contributed by atoms with van der Waals surface area (Å²) in [5, 5.41) is 19.0. The average molecular weight is 212 g/mol. The van der Waals surface area contributed by atoms with Crippen molar-refractivity contribution in [1.29, 1.82) is 0 Å². The van der Waals surface area contributed by atoms with Gasteiger partial charge in [-0.2, -0.15) is 0 Å². The minimum Gasteiger partial charge on any atom is -0.693 e. The first kappa shape index (κ1) is 22.4. The summed E-state index contributed by atoms with van der Waals surface area (Å²) in [7, 11) is 0. The Balaban J connectivity index is -0.0000000817. The van der Waals surface area contributed by atoms with E-state index in [1.165, 1.54) is 0 Å². The van der Waals surface area contributed by atoms with Gasteiger partial charge in [0.05, 0.1) is 0 Å². The monoisotopic (exact) mass is 211 g/mol. The molecule has 0 aliphatic carbocycles. The number of carbonyl (C=O) groups excluding carboxylic acids is 2. The van der Waals surface area contributed by atoms with Crippen molar-refractivity contribution in [3.63, 3.8) is 0 Å². The Labute approximate surface area is 74.6 Å².